The Morgan fingerprint density at radius 1 is 1.21 bits per heavy atom. The summed E-state index contributed by atoms with van der Waals surface area (Å²) in [6.45, 7) is 7.86. The van der Waals surface area contributed by atoms with Crippen LogP contribution < -0.4 is 5.32 Å². The number of nitrogens with zero attached hydrogens (tertiary/aromatic N) is 3. The van der Waals surface area contributed by atoms with Crippen LogP contribution in [0.3, 0.4) is 0 Å². The van der Waals surface area contributed by atoms with E-state index in [1.165, 1.54) is 54.1 Å². The van der Waals surface area contributed by atoms with Crippen molar-refractivity contribution in [2.75, 3.05) is 25.0 Å². The van der Waals surface area contributed by atoms with Crippen molar-refractivity contribution < 1.29 is 0 Å². The highest BCUT2D eigenvalue weighted by molar-refractivity contribution is 5.59. The summed E-state index contributed by atoms with van der Waals surface area (Å²) in [4.78, 5) is 2.61. The van der Waals surface area contributed by atoms with Gasteiger partial charge in [0.25, 0.3) is 0 Å². The third-order valence-corrected chi connectivity index (χ3v) is 5.62. The maximum absolute atomic E-state index is 5.15. The van der Waals surface area contributed by atoms with Crippen LogP contribution in [0.15, 0.2) is 24.3 Å². The minimum Gasteiger partial charge on any atom is -0.369 e. The summed E-state index contributed by atoms with van der Waals surface area (Å²) in [5, 5.41) is 8.74. The Balaban J connectivity index is 1.80. The molecule has 0 aliphatic carbocycles. The van der Waals surface area contributed by atoms with Gasteiger partial charge in [-0.1, -0.05) is 38.5 Å². The minimum atomic E-state index is 0.493. The number of anilines is 1. The lowest BCUT2D eigenvalue weighted by Crippen LogP contribution is -2.34. The average molecular weight is 324 g/mol. The summed E-state index contributed by atoms with van der Waals surface area (Å²) in [6.07, 6.45) is 6.02. The monoisotopic (exact) mass is 324 g/mol. The fourth-order valence-corrected chi connectivity index (χ4v) is 4.34. The van der Waals surface area contributed by atoms with Gasteiger partial charge < -0.3 is 5.32 Å². The standard InChI is InChI=1S/C20H28N4/c1-3-15-9-5-6-10-17(15)24-20-16(12-13-21-20)19(22-24)18-11-7-8-14-23(18)4-2/h5-6,9-10,18,21H,3-4,7-8,11-14H2,1-2H3. The molecule has 128 valence electrons. The summed E-state index contributed by atoms with van der Waals surface area (Å²) >= 11 is 0. The largest absolute Gasteiger partial charge is 0.369 e. The van der Waals surface area contributed by atoms with Gasteiger partial charge in [-0.25, -0.2) is 4.68 Å². The van der Waals surface area contributed by atoms with Gasteiger partial charge in [-0.2, -0.15) is 5.10 Å². The van der Waals surface area contributed by atoms with Gasteiger partial charge >= 0.3 is 0 Å². The Hall–Kier alpha value is -1.81. The zero-order chi connectivity index (χ0) is 16.5. The van der Waals surface area contributed by atoms with Gasteiger partial charge in [-0.05, 0) is 50.4 Å². The fourth-order valence-electron chi connectivity index (χ4n) is 4.34. The lowest BCUT2D eigenvalue weighted by molar-refractivity contribution is 0.153. The van der Waals surface area contributed by atoms with Crippen molar-refractivity contribution in [3.8, 4) is 5.69 Å². The van der Waals surface area contributed by atoms with E-state index in [1.54, 1.807) is 0 Å². The van der Waals surface area contributed by atoms with Crippen molar-refractivity contribution in [2.45, 2.75) is 52.0 Å². The first-order chi connectivity index (χ1) is 11.8. The van der Waals surface area contributed by atoms with Gasteiger partial charge in [0.15, 0.2) is 0 Å². The first kappa shape index (κ1) is 15.7. The molecular weight excluding hydrogens is 296 g/mol. The second-order valence-electron chi connectivity index (χ2n) is 6.92. The molecule has 2 aromatic rings. The summed E-state index contributed by atoms with van der Waals surface area (Å²) in [7, 11) is 0. The van der Waals surface area contributed by atoms with E-state index >= 15 is 0 Å². The van der Waals surface area contributed by atoms with E-state index < -0.39 is 0 Å². The van der Waals surface area contributed by atoms with Crippen LogP contribution in [0, 0.1) is 0 Å². The molecule has 0 spiro atoms. The maximum atomic E-state index is 5.15. The molecule has 2 aliphatic rings. The SMILES string of the molecule is CCc1ccccc1-n1nc(C2CCCCN2CC)c2c1NCC2. The normalized spacial score (nSPS) is 20.8. The summed E-state index contributed by atoms with van der Waals surface area (Å²) in [5.74, 6) is 1.23. The first-order valence-corrected chi connectivity index (χ1v) is 9.51. The first-order valence-electron chi connectivity index (χ1n) is 9.51. The Labute approximate surface area is 144 Å². The van der Waals surface area contributed by atoms with Crippen molar-refractivity contribution >= 4 is 5.82 Å². The molecule has 0 radical (unpaired) electrons. The second kappa shape index (κ2) is 6.60. The highest BCUT2D eigenvalue weighted by atomic mass is 15.4. The number of hydrogen-bond acceptors (Lipinski definition) is 3. The zero-order valence-electron chi connectivity index (χ0n) is 14.9. The van der Waals surface area contributed by atoms with E-state index in [9.17, 15) is 0 Å². The zero-order valence-corrected chi connectivity index (χ0v) is 14.9. The van der Waals surface area contributed by atoms with Gasteiger partial charge in [-0.15, -0.1) is 0 Å². The van der Waals surface area contributed by atoms with Gasteiger partial charge in [0, 0.05) is 12.1 Å². The number of para-hydroxylation sites is 1. The molecule has 4 rings (SSSR count). The molecule has 0 bridgehead atoms. The molecule has 2 aliphatic heterocycles. The van der Waals surface area contributed by atoms with Gasteiger partial charge in [0.05, 0.1) is 17.4 Å². The molecule has 1 fully saturated rings. The molecule has 1 saturated heterocycles. The number of hydrogen-bond donors (Lipinski definition) is 1. The minimum absolute atomic E-state index is 0.493. The molecule has 1 unspecified atom stereocenters. The topological polar surface area (TPSA) is 33.1 Å². The van der Waals surface area contributed by atoms with Crippen molar-refractivity contribution in [1.29, 1.82) is 0 Å². The van der Waals surface area contributed by atoms with E-state index in [0.717, 1.165) is 25.9 Å². The van der Waals surface area contributed by atoms with Gasteiger partial charge in [0.1, 0.15) is 5.82 Å². The van der Waals surface area contributed by atoms with E-state index in [1.807, 2.05) is 0 Å². The van der Waals surface area contributed by atoms with E-state index in [0.29, 0.717) is 6.04 Å². The quantitative estimate of drug-likeness (QED) is 0.924. The van der Waals surface area contributed by atoms with E-state index in [4.69, 9.17) is 5.10 Å². The lowest BCUT2D eigenvalue weighted by Gasteiger charge is -2.34. The molecule has 0 saturated carbocycles. The molecule has 4 nitrogen and oxygen atoms in total. The predicted octanol–water partition coefficient (Wildman–Crippen LogP) is 3.95. The highest BCUT2D eigenvalue weighted by Crippen LogP contribution is 2.38. The highest BCUT2D eigenvalue weighted by Gasteiger charge is 2.32. The molecule has 24 heavy (non-hydrogen) atoms. The molecule has 1 atom stereocenters. The molecule has 4 heteroatoms. The molecule has 3 heterocycles. The molecule has 1 aromatic heterocycles. The number of aromatic nitrogens is 2. The summed E-state index contributed by atoms with van der Waals surface area (Å²) < 4.78 is 2.18. The molecule has 0 amide bonds. The molecule has 1 aromatic carbocycles. The number of nitrogens with one attached hydrogen (secondary N) is 1. The van der Waals surface area contributed by atoms with Gasteiger partial charge in [-0.3, -0.25) is 4.90 Å². The van der Waals surface area contributed by atoms with E-state index in [-0.39, 0.29) is 0 Å². The number of aryl methyl sites for hydroxylation is 1. The second-order valence-corrected chi connectivity index (χ2v) is 6.92. The number of fused-ring (bicyclic) bond motifs is 1. The Morgan fingerprint density at radius 2 is 2.08 bits per heavy atom. The van der Waals surface area contributed by atoms with Crippen LogP contribution >= 0.6 is 0 Å². The van der Waals surface area contributed by atoms with Crippen molar-refractivity contribution in [1.82, 2.24) is 14.7 Å². The van der Waals surface area contributed by atoms with Crippen molar-refractivity contribution in [2.24, 2.45) is 0 Å². The third-order valence-electron chi connectivity index (χ3n) is 5.62. The predicted molar refractivity (Wildman–Crippen MR) is 99.0 cm³/mol. The fraction of sp³-hybridized carbons (Fsp3) is 0.550. The lowest BCUT2D eigenvalue weighted by atomic mass is 9.96. The van der Waals surface area contributed by atoms with Gasteiger partial charge in [0.2, 0.25) is 0 Å². The van der Waals surface area contributed by atoms with Crippen molar-refractivity contribution in [3.63, 3.8) is 0 Å². The Kier molecular flexibility index (Phi) is 4.31. The van der Waals surface area contributed by atoms with Crippen LogP contribution in [-0.2, 0) is 12.8 Å². The number of piperidine rings is 1. The van der Waals surface area contributed by atoms with Crippen LogP contribution in [-0.4, -0.2) is 34.3 Å². The summed E-state index contributed by atoms with van der Waals surface area (Å²) in [5.41, 5.74) is 5.36. The van der Waals surface area contributed by atoms with E-state index in [2.05, 4.69) is 53.0 Å². The number of likely N-dealkylation sites (tertiary alicyclic amines) is 1. The number of benzene rings is 1. The Bertz CT molecular complexity index is 718. The summed E-state index contributed by atoms with van der Waals surface area (Å²) in [6, 6.07) is 9.16. The van der Waals surface area contributed by atoms with Crippen LogP contribution in [0.2, 0.25) is 0 Å². The van der Waals surface area contributed by atoms with Crippen molar-refractivity contribution in [3.05, 3.63) is 41.1 Å². The molecule has 1 N–H and O–H groups in total. The maximum Gasteiger partial charge on any atom is 0.133 e. The van der Waals surface area contributed by atoms with Crippen LogP contribution in [0.4, 0.5) is 5.82 Å². The van der Waals surface area contributed by atoms with Crippen LogP contribution in [0.5, 0.6) is 0 Å². The average Bonchev–Trinajstić information content (AvgIpc) is 3.24. The number of rotatable bonds is 4. The Morgan fingerprint density at radius 3 is 2.92 bits per heavy atom. The third kappa shape index (κ3) is 2.53. The van der Waals surface area contributed by atoms with Crippen LogP contribution in [0.25, 0.3) is 5.69 Å². The van der Waals surface area contributed by atoms with Crippen LogP contribution in [0.1, 0.15) is 56.0 Å². The molecular formula is C20H28N4. The smallest absolute Gasteiger partial charge is 0.133 e.